The Labute approximate surface area is 176 Å². The molecule has 29 heavy (non-hydrogen) atoms. The van der Waals surface area contributed by atoms with Crippen LogP contribution in [0.3, 0.4) is 0 Å². The summed E-state index contributed by atoms with van der Waals surface area (Å²) in [6.45, 7) is 2.90. The normalized spacial score (nSPS) is 19.6. The third-order valence-electron chi connectivity index (χ3n) is 5.11. The van der Waals surface area contributed by atoms with Gasteiger partial charge in [-0.1, -0.05) is 22.9 Å². The van der Waals surface area contributed by atoms with Crippen LogP contribution in [0.25, 0.3) is 0 Å². The molecule has 2 aliphatic rings. The molecule has 0 atom stereocenters. The second-order valence-corrected chi connectivity index (χ2v) is 9.60. The van der Waals surface area contributed by atoms with Crippen LogP contribution < -0.4 is 4.74 Å². The van der Waals surface area contributed by atoms with Gasteiger partial charge in [-0.15, -0.1) is 0 Å². The van der Waals surface area contributed by atoms with Gasteiger partial charge in [-0.2, -0.15) is 8.42 Å². The number of benzene rings is 2. The van der Waals surface area contributed by atoms with Gasteiger partial charge in [0.1, 0.15) is 22.1 Å². The predicted octanol–water partition coefficient (Wildman–Crippen LogP) is 4.34. The number of ether oxygens (including phenoxy) is 2. The second kappa shape index (κ2) is 7.70. The number of hydrogen-bond acceptors (Lipinski definition) is 6. The van der Waals surface area contributed by atoms with Gasteiger partial charge in [-0.05, 0) is 47.1 Å². The van der Waals surface area contributed by atoms with Gasteiger partial charge in [0.15, 0.2) is 0 Å². The van der Waals surface area contributed by atoms with E-state index in [4.69, 9.17) is 13.8 Å². The van der Waals surface area contributed by atoms with E-state index in [0.717, 1.165) is 5.56 Å². The highest BCUT2D eigenvalue weighted by molar-refractivity contribution is 9.10. The van der Waals surface area contributed by atoms with Gasteiger partial charge in [-0.3, -0.25) is 4.28 Å². The van der Waals surface area contributed by atoms with Gasteiger partial charge in [0.2, 0.25) is 0 Å². The zero-order chi connectivity index (χ0) is 20.6. The average Bonchev–Trinajstić information content (AvgIpc) is 2.69. The fourth-order valence-electron chi connectivity index (χ4n) is 3.45. The molecule has 154 valence electrons. The lowest BCUT2D eigenvalue weighted by molar-refractivity contribution is -0.0445. The molecule has 9 heteroatoms. The highest BCUT2D eigenvalue weighted by atomic mass is 79.9. The molecule has 0 unspecified atom stereocenters. The number of aryl methyl sites for hydroxylation is 1. The molecule has 0 N–H and O–H groups in total. The minimum absolute atomic E-state index is 0.00231. The zero-order valence-electron chi connectivity index (χ0n) is 15.7. The van der Waals surface area contributed by atoms with Crippen LogP contribution in [0.15, 0.2) is 50.9 Å². The van der Waals surface area contributed by atoms with Gasteiger partial charge in [0.25, 0.3) is 0 Å². The Morgan fingerprint density at radius 2 is 1.86 bits per heavy atom. The van der Waals surface area contributed by atoms with E-state index in [0.29, 0.717) is 49.5 Å². The number of halogens is 2. The Morgan fingerprint density at radius 3 is 2.55 bits per heavy atom. The highest BCUT2D eigenvalue weighted by Crippen LogP contribution is 2.41. The lowest BCUT2D eigenvalue weighted by Gasteiger charge is -2.41. The first-order valence-electron chi connectivity index (χ1n) is 9.11. The Kier molecular flexibility index (Phi) is 5.39. The molecule has 1 spiro atoms. The monoisotopic (exact) mass is 483 g/mol. The molecule has 0 amide bonds. The molecule has 2 aromatic rings. The maximum absolute atomic E-state index is 14.2. The smallest absolute Gasteiger partial charge is 0.358 e. The molecule has 0 saturated carbocycles. The SMILES string of the molecule is Cc1ccc(S(=O)(=O)O/N=C2\CC3(CCOCC3)Oc3cc(Br)c(F)cc32)cc1. The number of hydrogen-bond donors (Lipinski definition) is 0. The lowest BCUT2D eigenvalue weighted by Crippen LogP contribution is -2.46. The molecule has 0 aliphatic carbocycles. The van der Waals surface area contributed by atoms with E-state index < -0.39 is 21.5 Å². The summed E-state index contributed by atoms with van der Waals surface area (Å²) < 4.78 is 56.1. The summed E-state index contributed by atoms with van der Waals surface area (Å²) >= 11 is 3.17. The quantitative estimate of drug-likeness (QED) is 0.607. The molecule has 1 fully saturated rings. The van der Waals surface area contributed by atoms with Gasteiger partial charge in [0, 0.05) is 24.8 Å². The summed E-state index contributed by atoms with van der Waals surface area (Å²) in [6, 6.07) is 9.07. The minimum Gasteiger partial charge on any atom is -0.486 e. The zero-order valence-corrected chi connectivity index (χ0v) is 18.1. The molecular weight excluding hydrogens is 465 g/mol. The van der Waals surface area contributed by atoms with Gasteiger partial charge >= 0.3 is 10.1 Å². The molecule has 1 saturated heterocycles. The summed E-state index contributed by atoms with van der Waals surface area (Å²) in [5.41, 5.74) is 1.05. The van der Waals surface area contributed by atoms with Gasteiger partial charge in [-0.25, -0.2) is 4.39 Å². The molecule has 0 bridgehead atoms. The Bertz CT molecular complexity index is 1060. The van der Waals surface area contributed by atoms with Crippen LogP contribution in [0.4, 0.5) is 4.39 Å². The molecule has 6 nitrogen and oxygen atoms in total. The van der Waals surface area contributed by atoms with Crippen LogP contribution in [0.1, 0.15) is 30.4 Å². The van der Waals surface area contributed by atoms with Crippen LogP contribution in [-0.4, -0.2) is 32.9 Å². The average molecular weight is 484 g/mol. The summed E-state index contributed by atoms with van der Waals surface area (Å²) in [5.74, 6) is -0.0640. The van der Waals surface area contributed by atoms with Crippen molar-refractivity contribution < 1.29 is 26.6 Å². The fourth-order valence-corrected chi connectivity index (χ4v) is 4.52. The first-order valence-corrected chi connectivity index (χ1v) is 11.3. The van der Waals surface area contributed by atoms with Crippen molar-refractivity contribution in [1.82, 2.24) is 0 Å². The molecule has 0 aromatic heterocycles. The van der Waals surface area contributed by atoms with E-state index in [2.05, 4.69) is 21.1 Å². The minimum atomic E-state index is -4.10. The first kappa shape index (κ1) is 20.3. The molecule has 4 rings (SSSR count). The number of nitrogens with zero attached hydrogens (tertiary/aromatic N) is 1. The van der Waals surface area contributed by atoms with Crippen molar-refractivity contribution in [2.75, 3.05) is 13.2 Å². The number of oxime groups is 1. The van der Waals surface area contributed by atoms with Crippen molar-refractivity contribution in [3.8, 4) is 5.75 Å². The maximum atomic E-state index is 14.2. The van der Waals surface area contributed by atoms with Crippen molar-refractivity contribution in [2.24, 2.45) is 5.16 Å². The molecule has 0 radical (unpaired) electrons. The standard InChI is InChI=1S/C20H19BrFNO5S/c1-13-2-4-14(5-3-13)29(24,25)28-23-18-12-20(6-8-26-9-7-20)27-19-11-16(21)17(22)10-15(18)19/h2-5,10-11H,6-9,12H2,1H3/b23-18+. The summed E-state index contributed by atoms with van der Waals surface area (Å²) in [4.78, 5) is 0.00231. The lowest BCUT2D eigenvalue weighted by atomic mass is 9.84. The molecule has 2 aliphatic heterocycles. The van der Waals surface area contributed by atoms with E-state index >= 15 is 0 Å². The van der Waals surface area contributed by atoms with Gasteiger partial charge in [0.05, 0.1) is 23.4 Å². The van der Waals surface area contributed by atoms with Crippen LogP contribution in [0, 0.1) is 12.7 Å². The maximum Gasteiger partial charge on any atom is 0.358 e. The highest BCUT2D eigenvalue weighted by Gasteiger charge is 2.42. The van der Waals surface area contributed by atoms with Crippen molar-refractivity contribution in [2.45, 2.75) is 36.7 Å². The van der Waals surface area contributed by atoms with Crippen LogP contribution in [-0.2, 0) is 19.1 Å². The van der Waals surface area contributed by atoms with Crippen molar-refractivity contribution in [1.29, 1.82) is 0 Å². The van der Waals surface area contributed by atoms with E-state index in [-0.39, 0.29) is 9.37 Å². The van der Waals surface area contributed by atoms with Gasteiger partial charge < -0.3 is 9.47 Å². The van der Waals surface area contributed by atoms with Crippen LogP contribution in [0.2, 0.25) is 0 Å². The van der Waals surface area contributed by atoms with E-state index in [1.807, 2.05) is 6.92 Å². The fraction of sp³-hybridized carbons (Fsp3) is 0.350. The van der Waals surface area contributed by atoms with Crippen molar-refractivity contribution in [3.63, 3.8) is 0 Å². The third-order valence-corrected chi connectivity index (χ3v) is 6.84. The summed E-state index contributed by atoms with van der Waals surface area (Å²) in [5, 5.41) is 3.94. The molecular formula is C20H19BrFNO5S. The van der Waals surface area contributed by atoms with E-state index in [1.165, 1.54) is 24.3 Å². The Hall–Kier alpha value is -1.97. The van der Waals surface area contributed by atoms with Crippen LogP contribution >= 0.6 is 15.9 Å². The largest absolute Gasteiger partial charge is 0.486 e. The van der Waals surface area contributed by atoms with E-state index in [1.54, 1.807) is 12.1 Å². The first-order chi connectivity index (χ1) is 13.8. The van der Waals surface area contributed by atoms with Crippen LogP contribution in [0.5, 0.6) is 5.75 Å². The Morgan fingerprint density at radius 1 is 1.17 bits per heavy atom. The van der Waals surface area contributed by atoms with E-state index in [9.17, 15) is 12.8 Å². The number of rotatable bonds is 3. The Balaban J connectivity index is 1.71. The topological polar surface area (TPSA) is 74.2 Å². The predicted molar refractivity (Wildman–Crippen MR) is 108 cm³/mol. The number of fused-ring (bicyclic) bond motifs is 1. The van der Waals surface area contributed by atoms with Crippen molar-refractivity contribution in [3.05, 3.63) is 57.8 Å². The summed E-state index contributed by atoms with van der Waals surface area (Å²) in [7, 11) is -4.10. The second-order valence-electron chi connectivity index (χ2n) is 7.22. The van der Waals surface area contributed by atoms with Crippen molar-refractivity contribution >= 4 is 31.8 Å². The third kappa shape index (κ3) is 4.17. The molecule has 2 aromatic carbocycles. The summed E-state index contributed by atoms with van der Waals surface area (Å²) in [6.07, 6.45) is 1.53. The molecule has 2 heterocycles.